The first-order chi connectivity index (χ1) is 8.20. The van der Waals surface area contributed by atoms with E-state index in [1.807, 2.05) is 13.0 Å². The molecule has 1 aromatic carbocycles. The highest BCUT2D eigenvalue weighted by Gasteiger charge is 2.21. The molecule has 1 aliphatic carbocycles. The quantitative estimate of drug-likeness (QED) is 0.680. The first-order valence-corrected chi connectivity index (χ1v) is 6.12. The number of carbonyl (C=O) groups excluding carboxylic acids is 1. The van der Waals surface area contributed by atoms with E-state index in [2.05, 4.69) is 10.6 Å². The van der Waals surface area contributed by atoms with Crippen LogP contribution in [-0.4, -0.2) is 19.0 Å². The molecular weight excluding hydrogens is 214 g/mol. The van der Waals surface area contributed by atoms with E-state index in [-0.39, 0.29) is 5.91 Å². The number of rotatable bonds is 5. The molecule has 0 saturated heterocycles. The topological polar surface area (TPSA) is 67.2 Å². The fourth-order valence-corrected chi connectivity index (χ4v) is 1.74. The van der Waals surface area contributed by atoms with E-state index in [0.717, 1.165) is 18.2 Å². The summed E-state index contributed by atoms with van der Waals surface area (Å²) >= 11 is 0. The minimum atomic E-state index is -0.0502. The smallest absolute Gasteiger partial charge is 0.253 e. The SMILES string of the molecule is CCNC(=O)c1ccc(N)cc1NCC1CC1. The number of hydrogen-bond acceptors (Lipinski definition) is 3. The second-order valence-electron chi connectivity index (χ2n) is 4.49. The van der Waals surface area contributed by atoms with Gasteiger partial charge in [0.2, 0.25) is 0 Å². The van der Waals surface area contributed by atoms with Gasteiger partial charge in [0.15, 0.2) is 0 Å². The first-order valence-electron chi connectivity index (χ1n) is 6.12. The number of hydrogen-bond donors (Lipinski definition) is 3. The van der Waals surface area contributed by atoms with E-state index >= 15 is 0 Å². The zero-order chi connectivity index (χ0) is 12.3. The molecule has 1 saturated carbocycles. The third-order valence-corrected chi connectivity index (χ3v) is 2.90. The Hall–Kier alpha value is -1.71. The third-order valence-electron chi connectivity index (χ3n) is 2.90. The van der Waals surface area contributed by atoms with Gasteiger partial charge >= 0.3 is 0 Å². The lowest BCUT2D eigenvalue weighted by atomic mass is 10.1. The van der Waals surface area contributed by atoms with Gasteiger partial charge in [0, 0.05) is 24.5 Å². The van der Waals surface area contributed by atoms with Crippen molar-refractivity contribution in [3.05, 3.63) is 23.8 Å². The standard InChI is InChI=1S/C13H19N3O/c1-2-15-13(17)11-6-5-10(14)7-12(11)16-8-9-3-4-9/h5-7,9,16H,2-4,8,14H2,1H3,(H,15,17). The molecule has 0 spiro atoms. The van der Waals surface area contributed by atoms with Gasteiger partial charge in [-0.1, -0.05) is 0 Å². The Kier molecular flexibility index (Phi) is 3.52. The van der Waals surface area contributed by atoms with Crippen molar-refractivity contribution in [3.8, 4) is 0 Å². The zero-order valence-corrected chi connectivity index (χ0v) is 10.1. The maximum Gasteiger partial charge on any atom is 0.253 e. The number of amides is 1. The summed E-state index contributed by atoms with van der Waals surface area (Å²) in [5.74, 6) is 0.712. The molecule has 4 nitrogen and oxygen atoms in total. The number of anilines is 2. The minimum absolute atomic E-state index is 0.0502. The predicted octanol–water partition coefficient (Wildman–Crippen LogP) is 1.84. The van der Waals surface area contributed by atoms with E-state index in [0.29, 0.717) is 17.8 Å². The van der Waals surface area contributed by atoms with E-state index in [1.54, 1.807) is 12.1 Å². The van der Waals surface area contributed by atoms with Gasteiger partial charge in [-0.15, -0.1) is 0 Å². The van der Waals surface area contributed by atoms with Crippen LogP contribution in [0.15, 0.2) is 18.2 Å². The highest BCUT2D eigenvalue weighted by molar-refractivity contribution is 6.00. The number of nitrogens with two attached hydrogens (primary N) is 1. The van der Waals surface area contributed by atoms with Crippen molar-refractivity contribution in [2.75, 3.05) is 24.1 Å². The molecule has 2 rings (SSSR count). The van der Waals surface area contributed by atoms with Crippen molar-refractivity contribution in [3.63, 3.8) is 0 Å². The molecule has 0 unspecified atom stereocenters. The maximum atomic E-state index is 11.8. The molecule has 0 bridgehead atoms. The lowest BCUT2D eigenvalue weighted by Crippen LogP contribution is -2.24. The van der Waals surface area contributed by atoms with Crippen LogP contribution in [0, 0.1) is 5.92 Å². The summed E-state index contributed by atoms with van der Waals surface area (Å²) in [6, 6.07) is 5.36. The summed E-state index contributed by atoms with van der Waals surface area (Å²) in [6.07, 6.45) is 2.57. The van der Waals surface area contributed by atoms with Gasteiger partial charge in [0.05, 0.1) is 5.56 Å². The summed E-state index contributed by atoms with van der Waals surface area (Å²) in [4.78, 5) is 11.8. The van der Waals surface area contributed by atoms with Crippen LogP contribution in [-0.2, 0) is 0 Å². The second-order valence-corrected chi connectivity index (χ2v) is 4.49. The van der Waals surface area contributed by atoms with Crippen molar-refractivity contribution < 1.29 is 4.79 Å². The number of nitrogens with one attached hydrogen (secondary N) is 2. The van der Waals surface area contributed by atoms with Crippen molar-refractivity contribution in [2.24, 2.45) is 5.92 Å². The molecular formula is C13H19N3O. The van der Waals surface area contributed by atoms with Gasteiger partial charge in [0.25, 0.3) is 5.91 Å². The summed E-state index contributed by atoms with van der Waals surface area (Å²) in [7, 11) is 0. The van der Waals surface area contributed by atoms with Gasteiger partial charge in [0.1, 0.15) is 0 Å². The zero-order valence-electron chi connectivity index (χ0n) is 10.1. The van der Waals surface area contributed by atoms with Crippen molar-refractivity contribution in [2.45, 2.75) is 19.8 Å². The van der Waals surface area contributed by atoms with Gasteiger partial charge < -0.3 is 16.4 Å². The molecule has 17 heavy (non-hydrogen) atoms. The predicted molar refractivity (Wildman–Crippen MR) is 70.1 cm³/mol. The van der Waals surface area contributed by atoms with Crippen LogP contribution in [0.2, 0.25) is 0 Å². The Morgan fingerprint density at radius 2 is 2.24 bits per heavy atom. The number of benzene rings is 1. The van der Waals surface area contributed by atoms with E-state index < -0.39 is 0 Å². The van der Waals surface area contributed by atoms with Crippen LogP contribution >= 0.6 is 0 Å². The lowest BCUT2D eigenvalue weighted by molar-refractivity contribution is 0.0956. The van der Waals surface area contributed by atoms with Gasteiger partial charge in [-0.05, 0) is 43.9 Å². The molecule has 4 N–H and O–H groups in total. The normalized spacial score (nSPS) is 14.4. The Morgan fingerprint density at radius 1 is 1.47 bits per heavy atom. The molecule has 0 heterocycles. The molecule has 1 aliphatic rings. The summed E-state index contributed by atoms with van der Waals surface area (Å²) in [5.41, 5.74) is 7.93. The molecule has 0 aromatic heterocycles. The van der Waals surface area contributed by atoms with Crippen LogP contribution in [0.5, 0.6) is 0 Å². The van der Waals surface area contributed by atoms with E-state index in [1.165, 1.54) is 12.8 Å². The molecule has 0 atom stereocenters. The van der Waals surface area contributed by atoms with Crippen molar-refractivity contribution in [1.82, 2.24) is 5.32 Å². The Balaban J connectivity index is 2.13. The second kappa shape index (κ2) is 5.08. The van der Waals surface area contributed by atoms with Crippen LogP contribution in [0.4, 0.5) is 11.4 Å². The van der Waals surface area contributed by atoms with Crippen LogP contribution in [0.1, 0.15) is 30.1 Å². The molecule has 0 aliphatic heterocycles. The summed E-state index contributed by atoms with van der Waals surface area (Å²) < 4.78 is 0. The van der Waals surface area contributed by atoms with Crippen LogP contribution in [0.3, 0.4) is 0 Å². The Bertz CT molecular complexity index is 413. The Morgan fingerprint density at radius 3 is 2.88 bits per heavy atom. The number of carbonyl (C=O) groups is 1. The molecule has 0 radical (unpaired) electrons. The minimum Gasteiger partial charge on any atom is -0.399 e. The maximum absolute atomic E-state index is 11.8. The lowest BCUT2D eigenvalue weighted by Gasteiger charge is -2.12. The fourth-order valence-electron chi connectivity index (χ4n) is 1.74. The average molecular weight is 233 g/mol. The van der Waals surface area contributed by atoms with Crippen molar-refractivity contribution >= 4 is 17.3 Å². The first kappa shape index (κ1) is 11.8. The summed E-state index contributed by atoms with van der Waals surface area (Å²) in [6.45, 7) is 3.47. The van der Waals surface area contributed by atoms with E-state index in [9.17, 15) is 4.79 Å². The fraction of sp³-hybridized carbons (Fsp3) is 0.462. The largest absolute Gasteiger partial charge is 0.399 e. The van der Waals surface area contributed by atoms with E-state index in [4.69, 9.17) is 5.73 Å². The van der Waals surface area contributed by atoms with Crippen molar-refractivity contribution in [1.29, 1.82) is 0 Å². The third kappa shape index (κ3) is 3.12. The van der Waals surface area contributed by atoms with Crippen LogP contribution in [0.25, 0.3) is 0 Å². The molecule has 1 fully saturated rings. The van der Waals surface area contributed by atoms with Gasteiger partial charge in [-0.2, -0.15) is 0 Å². The highest BCUT2D eigenvalue weighted by atomic mass is 16.1. The highest BCUT2D eigenvalue weighted by Crippen LogP contribution is 2.29. The molecule has 92 valence electrons. The Labute approximate surface area is 102 Å². The molecule has 4 heteroatoms. The molecule has 1 amide bonds. The number of nitrogen functional groups attached to an aromatic ring is 1. The molecule has 1 aromatic rings. The van der Waals surface area contributed by atoms with Gasteiger partial charge in [-0.25, -0.2) is 0 Å². The van der Waals surface area contributed by atoms with Crippen LogP contribution < -0.4 is 16.4 Å². The monoisotopic (exact) mass is 233 g/mol. The summed E-state index contributed by atoms with van der Waals surface area (Å²) in [5, 5.41) is 6.12. The van der Waals surface area contributed by atoms with Gasteiger partial charge in [-0.3, -0.25) is 4.79 Å². The average Bonchev–Trinajstić information content (AvgIpc) is 3.10.